The van der Waals surface area contributed by atoms with Crippen molar-refractivity contribution in [1.82, 2.24) is 9.55 Å². The summed E-state index contributed by atoms with van der Waals surface area (Å²) in [4.78, 5) is 14.8. The molecule has 0 aliphatic carbocycles. The highest BCUT2D eigenvalue weighted by Gasteiger charge is 2.55. The SMILES string of the molecule is Nc1nc(=O)n([C@@H]2O[C@@](CO)(CI)[C@@H](O)[C@@H]2F)cc1F. The lowest BCUT2D eigenvalue weighted by Gasteiger charge is -2.27. The van der Waals surface area contributed by atoms with Crippen molar-refractivity contribution in [2.24, 2.45) is 0 Å². The first-order valence-corrected chi connectivity index (χ1v) is 7.10. The number of aromatic nitrogens is 2. The summed E-state index contributed by atoms with van der Waals surface area (Å²) in [5.74, 6) is -1.62. The zero-order chi connectivity index (χ0) is 15.1. The van der Waals surface area contributed by atoms with E-state index < -0.39 is 48.0 Å². The number of rotatable bonds is 3. The van der Waals surface area contributed by atoms with Crippen LogP contribution in [0, 0.1) is 5.82 Å². The van der Waals surface area contributed by atoms with Crippen LogP contribution in [0.25, 0.3) is 0 Å². The van der Waals surface area contributed by atoms with Gasteiger partial charge in [-0.15, -0.1) is 0 Å². The Labute approximate surface area is 125 Å². The number of hydrogen-bond acceptors (Lipinski definition) is 6. The topological polar surface area (TPSA) is 111 Å². The van der Waals surface area contributed by atoms with Crippen molar-refractivity contribution in [2.45, 2.75) is 24.1 Å². The maximum Gasteiger partial charge on any atom is 0.351 e. The van der Waals surface area contributed by atoms with Crippen LogP contribution in [0.1, 0.15) is 6.23 Å². The third kappa shape index (κ3) is 2.29. The highest BCUT2D eigenvalue weighted by atomic mass is 127. The third-order valence-corrected chi connectivity index (χ3v) is 4.46. The predicted octanol–water partition coefficient (Wildman–Crippen LogP) is -0.641. The Bertz CT molecular complexity index is 566. The summed E-state index contributed by atoms with van der Waals surface area (Å²) in [6, 6.07) is 0. The van der Waals surface area contributed by atoms with Crippen LogP contribution in [0.3, 0.4) is 0 Å². The summed E-state index contributed by atoms with van der Waals surface area (Å²) in [5, 5.41) is 19.1. The number of halogens is 3. The van der Waals surface area contributed by atoms with E-state index in [9.17, 15) is 23.8 Å². The average molecular weight is 403 g/mol. The lowest BCUT2D eigenvalue weighted by Crippen LogP contribution is -2.47. The van der Waals surface area contributed by atoms with E-state index in [2.05, 4.69) is 4.98 Å². The molecular formula is C10H12F2IN3O4. The van der Waals surface area contributed by atoms with Crippen molar-refractivity contribution >= 4 is 28.4 Å². The average Bonchev–Trinajstić information content (AvgIpc) is 2.68. The van der Waals surface area contributed by atoms with E-state index in [4.69, 9.17) is 10.5 Å². The summed E-state index contributed by atoms with van der Waals surface area (Å²) >= 11 is 1.81. The van der Waals surface area contributed by atoms with E-state index >= 15 is 0 Å². The van der Waals surface area contributed by atoms with Crippen LogP contribution >= 0.6 is 22.6 Å². The summed E-state index contributed by atoms with van der Waals surface area (Å²) in [7, 11) is 0. The van der Waals surface area contributed by atoms with Crippen molar-refractivity contribution < 1.29 is 23.7 Å². The van der Waals surface area contributed by atoms with Crippen LogP contribution in [0.4, 0.5) is 14.6 Å². The van der Waals surface area contributed by atoms with Gasteiger partial charge in [-0.25, -0.2) is 13.6 Å². The minimum atomic E-state index is -2.01. The van der Waals surface area contributed by atoms with Gasteiger partial charge < -0.3 is 20.7 Å². The molecule has 20 heavy (non-hydrogen) atoms. The Morgan fingerprint density at radius 3 is 2.80 bits per heavy atom. The van der Waals surface area contributed by atoms with E-state index in [0.717, 1.165) is 0 Å². The first-order chi connectivity index (χ1) is 9.36. The first kappa shape index (κ1) is 15.5. The molecule has 0 bridgehead atoms. The van der Waals surface area contributed by atoms with Crippen molar-refractivity contribution in [3.63, 3.8) is 0 Å². The molecule has 4 atom stereocenters. The van der Waals surface area contributed by atoms with E-state index in [0.29, 0.717) is 10.8 Å². The van der Waals surface area contributed by atoms with Gasteiger partial charge in [0.2, 0.25) is 0 Å². The van der Waals surface area contributed by atoms with Gasteiger partial charge in [-0.1, -0.05) is 22.6 Å². The van der Waals surface area contributed by atoms with Gasteiger partial charge in [-0.05, 0) is 0 Å². The number of anilines is 1. The Morgan fingerprint density at radius 1 is 1.65 bits per heavy atom. The van der Waals surface area contributed by atoms with Gasteiger partial charge >= 0.3 is 5.69 Å². The van der Waals surface area contributed by atoms with Crippen molar-refractivity contribution in [1.29, 1.82) is 0 Å². The second kappa shape index (κ2) is 5.50. The molecule has 0 spiro atoms. The van der Waals surface area contributed by atoms with Crippen LogP contribution in [-0.4, -0.2) is 48.7 Å². The molecule has 2 rings (SSSR count). The first-order valence-electron chi connectivity index (χ1n) is 5.57. The van der Waals surface area contributed by atoms with E-state index in [1.165, 1.54) is 0 Å². The van der Waals surface area contributed by atoms with Gasteiger partial charge in [-0.3, -0.25) is 4.57 Å². The molecule has 1 aliphatic heterocycles. The minimum absolute atomic E-state index is 0.0823. The number of alkyl halides is 2. The van der Waals surface area contributed by atoms with E-state index in [1.54, 1.807) is 0 Å². The molecular weight excluding hydrogens is 391 g/mol. The number of nitrogen functional groups attached to an aromatic ring is 1. The van der Waals surface area contributed by atoms with Crippen molar-refractivity contribution in [2.75, 3.05) is 16.8 Å². The molecule has 1 aliphatic rings. The van der Waals surface area contributed by atoms with E-state index in [1.807, 2.05) is 22.6 Å². The summed E-state index contributed by atoms with van der Waals surface area (Å²) in [6.45, 7) is -0.645. The highest BCUT2D eigenvalue weighted by Crippen LogP contribution is 2.39. The molecule has 0 aromatic carbocycles. The van der Waals surface area contributed by atoms with Gasteiger partial charge in [0.25, 0.3) is 0 Å². The zero-order valence-corrected chi connectivity index (χ0v) is 12.2. The second-order valence-corrected chi connectivity index (χ2v) is 5.18. The normalized spacial score (nSPS) is 33.5. The summed E-state index contributed by atoms with van der Waals surface area (Å²) < 4.78 is 33.4. The maximum absolute atomic E-state index is 14.1. The fourth-order valence-corrected chi connectivity index (χ4v) is 2.83. The quantitative estimate of drug-likeness (QED) is 0.458. The number of aliphatic hydroxyl groups is 2. The lowest BCUT2D eigenvalue weighted by molar-refractivity contribution is -0.112. The molecule has 7 nitrogen and oxygen atoms in total. The molecule has 0 radical (unpaired) electrons. The Balaban J connectivity index is 2.45. The standard InChI is InChI=1S/C10H12F2IN3O4/c11-4-1-16(9(19)15-7(4)14)8-5(12)6(18)10(2-13,3-17)20-8/h1,5-6,8,17-18H,2-3H2,(H2,14,15,19)/t5-,6-,8+,10+/m0/s1. The number of hydrogen-bond donors (Lipinski definition) is 3. The fraction of sp³-hybridized carbons (Fsp3) is 0.600. The number of ether oxygens (including phenoxy) is 1. The highest BCUT2D eigenvalue weighted by molar-refractivity contribution is 14.1. The number of aliphatic hydroxyl groups excluding tert-OH is 2. The Kier molecular flexibility index (Phi) is 4.27. The summed E-state index contributed by atoms with van der Waals surface area (Å²) in [6.07, 6.45) is -4.58. The largest absolute Gasteiger partial charge is 0.393 e. The van der Waals surface area contributed by atoms with Crippen molar-refractivity contribution in [3.8, 4) is 0 Å². The predicted molar refractivity (Wildman–Crippen MR) is 72.6 cm³/mol. The van der Waals surface area contributed by atoms with Gasteiger partial charge in [0.1, 0.15) is 11.7 Å². The monoisotopic (exact) mass is 403 g/mol. The smallest absolute Gasteiger partial charge is 0.351 e. The van der Waals surface area contributed by atoms with Crippen LogP contribution < -0.4 is 11.4 Å². The minimum Gasteiger partial charge on any atom is -0.393 e. The maximum atomic E-state index is 14.1. The Morgan fingerprint density at radius 2 is 2.30 bits per heavy atom. The molecule has 10 heteroatoms. The molecule has 0 unspecified atom stereocenters. The Hall–Kier alpha value is -0.850. The van der Waals surface area contributed by atoms with Crippen LogP contribution in [0.5, 0.6) is 0 Å². The third-order valence-electron chi connectivity index (χ3n) is 3.17. The van der Waals surface area contributed by atoms with Crippen molar-refractivity contribution in [3.05, 3.63) is 22.5 Å². The van der Waals surface area contributed by atoms with Gasteiger partial charge in [-0.2, -0.15) is 4.98 Å². The molecule has 4 N–H and O–H groups in total. The van der Waals surface area contributed by atoms with Gasteiger partial charge in [0, 0.05) is 4.43 Å². The molecule has 1 aromatic heterocycles. The molecule has 1 fully saturated rings. The molecule has 112 valence electrons. The molecule has 1 aromatic rings. The van der Waals surface area contributed by atoms with Gasteiger partial charge in [0.05, 0.1) is 12.8 Å². The van der Waals surface area contributed by atoms with Crippen LogP contribution in [-0.2, 0) is 4.74 Å². The molecule has 0 saturated carbocycles. The number of nitrogens with zero attached hydrogens (tertiary/aromatic N) is 2. The number of nitrogens with two attached hydrogens (primary N) is 1. The zero-order valence-electron chi connectivity index (χ0n) is 10.0. The van der Waals surface area contributed by atoms with Crippen LogP contribution in [0.2, 0.25) is 0 Å². The summed E-state index contributed by atoms with van der Waals surface area (Å²) in [5.41, 5.74) is 2.57. The molecule has 1 saturated heterocycles. The van der Waals surface area contributed by atoms with Crippen LogP contribution in [0.15, 0.2) is 11.0 Å². The molecule has 0 amide bonds. The molecule has 2 heterocycles. The second-order valence-electron chi connectivity index (χ2n) is 4.42. The lowest BCUT2D eigenvalue weighted by atomic mass is 9.99. The van der Waals surface area contributed by atoms with E-state index in [-0.39, 0.29) is 4.43 Å². The van der Waals surface area contributed by atoms with Gasteiger partial charge in [0.15, 0.2) is 24.0 Å². The fourth-order valence-electron chi connectivity index (χ4n) is 1.96.